The number of nitrogens with zero attached hydrogens (tertiary/aromatic N) is 2. The van der Waals surface area contributed by atoms with Gasteiger partial charge in [0.05, 0.1) is 22.7 Å². The van der Waals surface area contributed by atoms with Crippen molar-refractivity contribution in [2.24, 2.45) is 0 Å². The van der Waals surface area contributed by atoms with Gasteiger partial charge in [0.1, 0.15) is 0 Å². The quantitative estimate of drug-likeness (QED) is 0.753. The van der Waals surface area contributed by atoms with Gasteiger partial charge in [0, 0.05) is 10.2 Å². The fourth-order valence-electron chi connectivity index (χ4n) is 1.84. The highest BCUT2D eigenvalue weighted by atomic mass is 79.9. The van der Waals surface area contributed by atoms with Crippen molar-refractivity contribution in [3.05, 3.63) is 52.5 Å². The zero-order chi connectivity index (χ0) is 13.2. The second-order valence-corrected chi connectivity index (χ2v) is 4.98. The molecule has 0 aliphatic heterocycles. The van der Waals surface area contributed by atoms with Crippen LogP contribution in [0.1, 0.15) is 5.56 Å². The Labute approximate surface area is 118 Å². The molecule has 3 aromatic rings. The first-order chi connectivity index (χ1) is 9.24. The van der Waals surface area contributed by atoms with Gasteiger partial charge in [-0.05, 0) is 36.4 Å². The van der Waals surface area contributed by atoms with E-state index in [9.17, 15) is 0 Å². The van der Waals surface area contributed by atoms with E-state index in [2.05, 4.69) is 37.3 Å². The highest BCUT2D eigenvalue weighted by Crippen LogP contribution is 2.21. The van der Waals surface area contributed by atoms with E-state index in [0.29, 0.717) is 11.5 Å². The maximum atomic E-state index is 8.87. The summed E-state index contributed by atoms with van der Waals surface area (Å²) >= 11 is 3.42. The summed E-state index contributed by atoms with van der Waals surface area (Å²) in [6.45, 7) is 0. The van der Waals surface area contributed by atoms with Crippen LogP contribution in [0, 0.1) is 11.3 Å². The molecule has 0 saturated carbocycles. The molecule has 2 aromatic carbocycles. The molecule has 92 valence electrons. The molecule has 0 radical (unpaired) electrons. The van der Waals surface area contributed by atoms with Crippen LogP contribution in [0.25, 0.3) is 11.0 Å². The summed E-state index contributed by atoms with van der Waals surface area (Å²) in [5.41, 5.74) is 3.29. The molecule has 1 aromatic heterocycles. The maximum Gasteiger partial charge on any atom is 0.205 e. The summed E-state index contributed by atoms with van der Waals surface area (Å²) in [4.78, 5) is 7.62. The molecule has 19 heavy (non-hydrogen) atoms. The van der Waals surface area contributed by atoms with E-state index in [1.54, 1.807) is 12.1 Å². The van der Waals surface area contributed by atoms with Crippen LogP contribution in [0.2, 0.25) is 0 Å². The number of hydrogen-bond donors (Lipinski definition) is 2. The topological polar surface area (TPSA) is 64.5 Å². The predicted octanol–water partition coefficient (Wildman–Crippen LogP) is 3.94. The minimum Gasteiger partial charge on any atom is -0.326 e. The van der Waals surface area contributed by atoms with E-state index in [-0.39, 0.29) is 0 Å². The Hall–Kier alpha value is -2.32. The SMILES string of the molecule is N#Cc1cccc(Nc2nc3ccc(Br)cc3[nH]2)c1. The number of aromatic amines is 1. The van der Waals surface area contributed by atoms with E-state index < -0.39 is 0 Å². The number of hydrogen-bond acceptors (Lipinski definition) is 3. The highest BCUT2D eigenvalue weighted by molar-refractivity contribution is 9.10. The molecule has 0 saturated heterocycles. The largest absolute Gasteiger partial charge is 0.326 e. The third-order valence-electron chi connectivity index (χ3n) is 2.70. The number of fused-ring (bicyclic) bond motifs is 1. The summed E-state index contributed by atoms with van der Waals surface area (Å²) in [6.07, 6.45) is 0. The lowest BCUT2D eigenvalue weighted by Gasteiger charge is -2.01. The van der Waals surface area contributed by atoms with Crippen LogP contribution < -0.4 is 5.32 Å². The normalized spacial score (nSPS) is 10.3. The van der Waals surface area contributed by atoms with Crippen molar-refractivity contribution in [2.45, 2.75) is 0 Å². The lowest BCUT2D eigenvalue weighted by molar-refractivity contribution is 1.31. The molecule has 0 atom stereocenters. The van der Waals surface area contributed by atoms with Crippen LogP contribution >= 0.6 is 15.9 Å². The van der Waals surface area contributed by atoms with E-state index >= 15 is 0 Å². The molecule has 4 nitrogen and oxygen atoms in total. The van der Waals surface area contributed by atoms with Gasteiger partial charge in [-0.2, -0.15) is 5.26 Å². The van der Waals surface area contributed by atoms with Gasteiger partial charge in [-0.3, -0.25) is 0 Å². The Balaban J connectivity index is 1.94. The van der Waals surface area contributed by atoms with Crippen LogP contribution in [0.5, 0.6) is 0 Å². The van der Waals surface area contributed by atoms with Crippen molar-refractivity contribution in [1.29, 1.82) is 5.26 Å². The molecule has 0 aliphatic rings. The van der Waals surface area contributed by atoms with Crippen molar-refractivity contribution in [1.82, 2.24) is 9.97 Å². The minimum absolute atomic E-state index is 0.615. The summed E-state index contributed by atoms with van der Waals surface area (Å²) in [5.74, 6) is 0.656. The van der Waals surface area contributed by atoms with E-state index in [0.717, 1.165) is 21.2 Å². The van der Waals surface area contributed by atoms with Gasteiger partial charge in [0.2, 0.25) is 5.95 Å². The van der Waals surface area contributed by atoms with Crippen LogP contribution in [0.15, 0.2) is 46.9 Å². The summed E-state index contributed by atoms with van der Waals surface area (Å²) in [6, 6.07) is 15.2. The average molecular weight is 313 g/mol. The van der Waals surface area contributed by atoms with Gasteiger partial charge >= 0.3 is 0 Å². The van der Waals surface area contributed by atoms with Crippen molar-refractivity contribution < 1.29 is 0 Å². The number of imidazole rings is 1. The second kappa shape index (κ2) is 4.75. The molecule has 0 unspecified atom stereocenters. The molecule has 3 rings (SSSR count). The molecule has 2 N–H and O–H groups in total. The van der Waals surface area contributed by atoms with Gasteiger partial charge in [-0.1, -0.05) is 22.0 Å². The predicted molar refractivity (Wildman–Crippen MR) is 78.2 cm³/mol. The van der Waals surface area contributed by atoms with Crippen LogP contribution in [0.4, 0.5) is 11.6 Å². The minimum atomic E-state index is 0.615. The summed E-state index contributed by atoms with van der Waals surface area (Å²) in [7, 11) is 0. The van der Waals surface area contributed by atoms with Gasteiger partial charge in [0.25, 0.3) is 0 Å². The standard InChI is InChI=1S/C14H9BrN4/c15-10-4-5-12-13(7-10)19-14(18-12)17-11-3-1-2-9(6-11)8-16/h1-7H,(H2,17,18,19). The third kappa shape index (κ3) is 2.44. The Morgan fingerprint density at radius 3 is 2.95 bits per heavy atom. The van der Waals surface area contributed by atoms with Crippen molar-refractivity contribution in [2.75, 3.05) is 5.32 Å². The Morgan fingerprint density at radius 1 is 1.21 bits per heavy atom. The third-order valence-corrected chi connectivity index (χ3v) is 3.19. The molecule has 0 spiro atoms. The van der Waals surface area contributed by atoms with Crippen LogP contribution in [-0.2, 0) is 0 Å². The van der Waals surface area contributed by atoms with Gasteiger partial charge < -0.3 is 10.3 Å². The zero-order valence-corrected chi connectivity index (χ0v) is 11.4. The maximum absolute atomic E-state index is 8.87. The molecule has 0 aliphatic carbocycles. The summed E-state index contributed by atoms with van der Waals surface area (Å²) < 4.78 is 1.00. The number of aromatic nitrogens is 2. The first-order valence-corrected chi connectivity index (χ1v) is 6.46. The highest BCUT2D eigenvalue weighted by Gasteiger charge is 2.03. The first-order valence-electron chi connectivity index (χ1n) is 5.67. The number of halogens is 1. The number of H-pyrrole nitrogens is 1. The lowest BCUT2D eigenvalue weighted by Crippen LogP contribution is -1.92. The molecule has 0 bridgehead atoms. The molecule has 5 heteroatoms. The number of nitrogens with one attached hydrogen (secondary N) is 2. The van der Waals surface area contributed by atoms with Crippen molar-refractivity contribution >= 4 is 38.6 Å². The van der Waals surface area contributed by atoms with Crippen molar-refractivity contribution in [3.63, 3.8) is 0 Å². The monoisotopic (exact) mass is 312 g/mol. The van der Waals surface area contributed by atoms with E-state index in [4.69, 9.17) is 5.26 Å². The zero-order valence-electron chi connectivity index (χ0n) is 9.81. The molecule has 1 heterocycles. The molecule has 0 fully saturated rings. The number of nitriles is 1. The van der Waals surface area contributed by atoms with Crippen molar-refractivity contribution in [3.8, 4) is 6.07 Å². The average Bonchev–Trinajstić information content (AvgIpc) is 2.80. The van der Waals surface area contributed by atoms with E-state index in [1.165, 1.54) is 0 Å². The molecular formula is C14H9BrN4. The van der Waals surface area contributed by atoms with Crippen LogP contribution in [0.3, 0.4) is 0 Å². The number of benzene rings is 2. The number of anilines is 2. The smallest absolute Gasteiger partial charge is 0.205 e. The number of rotatable bonds is 2. The van der Waals surface area contributed by atoms with Gasteiger partial charge in [-0.25, -0.2) is 4.98 Å². The van der Waals surface area contributed by atoms with Crippen LogP contribution in [-0.4, -0.2) is 9.97 Å². The Bertz CT molecular complexity index is 785. The van der Waals surface area contributed by atoms with E-state index in [1.807, 2.05) is 30.3 Å². The fourth-order valence-corrected chi connectivity index (χ4v) is 2.21. The second-order valence-electron chi connectivity index (χ2n) is 4.06. The first kappa shape index (κ1) is 11.8. The fraction of sp³-hybridized carbons (Fsp3) is 0. The molecule has 0 amide bonds. The van der Waals surface area contributed by atoms with Gasteiger partial charge in [0.15, 0.2) is 0 Å². The summed E-state index contributed by atoms with van der Waals surface area (Å²) in [5, 5.41) is 12.0. The lowest BCUT2D eigenvalue weighted by atomic mass is 10.2. The molecular weight excluding hydrogens is 304 g/mol. The van der Waals surface area contributed by atoms with Gasteiger partial charge in [-0.15, -0.1) is 0 Å². The Kier molecular flexibility index (Phi) is 2.94. The Morgan fingerprint density at radius 2 is 2.11 bits per heavy atom.